The number of thiophene rings is 4. The zero-order chi connectivity index (χ0) is 33.9. The van der Waals surface area contributed by atoms with Crippen molar-refractivity contribution in [3.63, 3.8) is 0 Å². The summed E-state index contributed by atoms with van der Waals surface area (Å²) < 4.78 is 0. The highest BCUT2D eigenvalue weighted by atomic mass is 32.1. The van der Waals surface area contributed by atoms with E-state index < -0.39 is 0 Å². The molecule has 0 aliphatic heterocycles. The molecule has 0 atom stereocenters. The van der Waals surface area contributed by atoms with Crippen molar-refractivity contribution in [1.82, 2.24) is 0 Å². The number of rotatable bonds is 6. The molecule has 0 radical (unpaired) electrons. The van der Waals surface area contributed by atoms with Crippen molar-refractivity contribution in [1.29, 1.82) is 0 Å². The quantitative estimate of drug-likeness (QED) is 0.126. The van der Waals surface area contributed by atoms with E-state index in [4.69, 9.17) is 0 Å². The predicted molar refractivity (Wildman–Crippen MR) is 208 cm³/mol. The van der Waals surface area contributed by atoms with E-state index in [-0.39, 0.29) is 21.2 Å². The predicted octanol–water partition coefficient (Wildman–Crippen LogP) is 13.4. The first-order valence-electron chi connectivity index (χ1n) is 15.6. The molecule has 0 saturated heterocycles. The van der Waals surface area contributed by atoms with Gasteiger partial charge in [0.1, 0.15) is 0 Å². The summed E-state index contributed by atoms with van der Waals surface area (Å²) >= 11 is 6.97. The normalized spacial score (nSPS) is 11.5. The summed E-state index contributed by atoms with van der Waals surface area (Å²) in [6, 6.07) is 43.5. The Morgan fingerprint density at radius 3 is 0.880 bits per heavy atom. The zero-order valence-electron chi connectivity index (χ0n) is 25.9. The van der Waals surface area contributed by atoms with Crippen LogP contribution in [0.25, 0.3) is 83.5 Å². The molecular weight excluding hydrogens is 701 g/mol. The number of nitro groups is 2. The number of benzene rings is 4. The summed E-state index contributed by atoms with van der Waals surface area (Å²) in [5.74, 6) is 0. The molecule has 4 aromatic heterocycles. The molecule has 240 valence electrons. The Bertz CT molecular complexity index is 2400. The average molecular weight is 723 g/mol. The van der Waals surface area contributed by atoms with Crippen molar-refractivity contribution in [2.75, 3.05) is 0 Å². The van der Waals surface area contributed by atoms with Gasteiger partial charge < -0.3 is 0 Å². The maximum atomic E-state index is 11.4. The van der Waals surface area contributed by atoms with Gasteiger partial charge in [0.05, 0.1) is 29.4 Å². The zero-order valence-corrected chi connectivity index (χ0v) is 29.1. The van der Waals surface area contributed by atoms with E-state index in [1.54, 1.807) is 69.6 Å². The van der Waals surface area contributed by atoms with Crippen LogP contribution in [0.2, 0.25) is 0 Å². The minimum atomic E-state index is -0.375. The topological polar surface area (TPSA) is 86.3 Å². The van der Waals surface area contributed by atoms with E-state index in [1.807, 2.05) is 36.4 Å². The van der Waals surface area contributed by atoms with Gasteiger partial charge in [0.15, 0.2) is 0 Å². The largest absolute Gasteiger partial charge is 0.269 e. The molecule has 4 heterocycles. The first-order valence-corrected chi connectivity index (χ1v) is 18.8. The second-order valence-electron chi connectivity index (χ2n) is 11.8. The van der Waals surface area contributed by atoms with E-state index >= 15 is 0 Å². The van der Waals surface area contributed by atoms with Crippen LogP contribution in [-0.2, 0) is 0 Å². The van der Waals surface area contributed by atoms with Gasteiger partial charge >= 0.3 is 0 Å². The van der Waals surface area contributed by atoms with Gasteiger partial charge in [0, 0.05) is 66.0 Å². The van der Waals surface area contributed by atoms with Crippen LogP contribution in [-0.4, -0.2) is 9.85 Å². The van der Waals surface area contributed by atoms with E-state index in [1.165, 1.54) is 30.6 Å². The number of fused-ring (bicyclic) bond motifs is 8. The van der Waals surface area contributed by atoms with E-state index in [9.17, 15) is 20.2 Å². The lowest BCUT2D eigenvalue weighted by Gasteiger charge is -2.12. The molecule has 50 heavy (non-hydrogen) atoms. The first kappa shape index (κ1) is 30.5. The Labute approximate surface area is 302 Å². The fraction of sp³-hybridized carbons (Fsp3) is 0. The summed E-state index contributed by atoms with van der Waals surface area (Å²) in [5.41, 5.74) is 8.84. The fourth-order valence-electron chi connectivity index (χ4n) is 6.31. The Hall–Kier alpha value is -5.52. The van der Waals surface area contributed by atoms with Crippen LogP contribution in [0.4, 0.5) is 11.4 Å². The molecule has 1 aliphatic rings. The third kappa shape index (κ3) is 5.21. The molecule has 0 bridgehead atoms. The number of nitrogens with zero attached hydrogens (tertiary/aromatic N) is 2. The standard InChI is InChI=1S/C40H22N2O4S4/c43-41(44)27-15-11-25(12-16-27)35-21-31-32-22-36(26-13-17-28(18-14-26)42(45)46)50-40(32)38-30(20-34(48-38)24-9-5-2-6-10-24)29-19-33(23-7-3-1-4-8-23)47-37(29)39(31)49-35/h1-22H. The van der Waals surface area contributed by atoms with Crippen molar-refractivity contribution in [3.05, 3.63) is 154 Å². The van der Waals surface area contributed by atoms with Crippen LogP contribution in [0.15, 0.2) is 133 Å². The Balaban J connectivity index is 1.32. The first-order chi connectivity index (χ1) is 24.4. The molecule has 0 saturated carbocycles. The van der Waals surface area contributed by atoms with E-state index in [0.29, 0.717) is 0 Å². The number of hydrogen-bond donors (Lipinski definition) is 0. The summed E-state index contributed by atoms with van der Waals surface area (Å²) in [6.45, 7) is 0. The lowest BCUT2D eigenvalue weighted by atomic mass is 9.95. The molecular formula is C40H22N2O4S4. The van der Waals surface area contributed by atoms with Crippen LogP contribution in [0.5, 0.6) is 0 Å². The maximum Gasteiger partial charge on any atom is 0.269 e. The minimum absolute atomic E-state index is 0.0585. The van der Waals surface area contributed by atoms with Gasteiger partial charge in [-0.05, 0) is 70.8 Å². The van der Waals surface area contributed by atoms with Crippen molar-refractivity contribution >= 4 is 56.7 Å². The maximum absolute atomic E-state index is 11.4. The molecule has 0 N–H and O–H groups in total. The molecule has 1 aliphatic carbocycles. The minimum Gasteiger partial charge on any atom is -0.258 e. The lowest BCUT2D eigenvalue weighted by molar-refractivity contribution is -0.385. The highest BCUT2D eigenvalue weighted by Crippen LogP contribution is 2.60. The number of non-ortho nitro benzene ring substituents is 2. The molecule has 9 rings (SSSR count). The molecule has 0 fully saturated rings. The van der Waals surface area contributed by atoms with Crippen molar-refractivity contribution in [3.8, 4) is 83.5 Å². The molecule has 0 amide bonds. The summed E-state index contributed by atoms with van der Waals surface area (Å²) in [7, 11) is 0. The summed E-state index contributed by atoms with van der Waals surface area (Å²) in [6.07, 6.45) is 0. The van der Waals surface area contributed by atoms with Crippen LogP contribution in [0.3, 0.4) is 0 Å². The van der Waals surface area contributed by atoms with Gasteiger partial charge in [-0.25, -0.2) is 0 Å². The van der Waals surface area contributed by atoms with Crippen LogP contribution < -0.4 is 0 Å². The number of hydrogen-bond acceptors (Lipinski definition) is 8. The van der Waals surface area contributed by atoms with Gasteiger partial charge in [-0.1, -0.05) is 60.7 Å². The van der Waals surface area contributed by atoms with Crippen LogP contribution >= 0.6 is 45.3 Å². The third-order valence-electron chi connectivity index (χ3n) is 8.76. The molecule has 0 unspecified atom stereocenters. The SMILES string of the molecule is O=[N+]([O-])c1ccc(-c2cc3c(s2)-c2sc(-c4ccccc4)cc2-c2cc(-c4ccccc4)sc2-c2sc(-c4ccc([N+](=O)[O-])cc4)cc2-3)cc1. The summed E-state index contributed by atoms with van der Waals surface area (Å²) in [4.78, 5) is 31.2. The highest BCUT2D eigenvalue weighted by Gasteiger charge is 2.30. The second-order valence-corrected chi connectivity index (χ2v) is 16.0. The van der Waals surface area contributed by atoms with Gasteiger partial charge in [-0.2, -0.15) is 0 Å². The van der Waals surface area contributed by atoms with Crippen molar-refractivity contribution < 1.29 is 9.85 Å². The van der Waals surface area contributed by atoms with Crippen molar-refractivity contribution in [2.24, 2.45) is 0 Å². The highest BCUT2D eigenvalue weighted by molar-refractivity contribution is 7.28. The average Bonchev–Trinajstić information content (AvgIpc) is 3.96. The lowest BCUT2D eigenvalue weighted by Crippen LogP contribution is -1.86. The van der Waals surface area contributed by atoms with E-state index in [0.717, 1.165) is 52.9 Å². The van der Waals surface area contributed by atoms with E-state index in [2.05, 4.69) is 72.8 Å². The molecule has 8 aromatic rings. The molecule has 10 heteroatoms. The Morgan fingerprint density at radius 2 is 0.620 bits per heavy atom. The van der Waals surface area contributed by atoms with Crippen molar-refractivity contribution in [2.45, 2.75) is 0 Å². The van der Waals surface area contributed by atoms with Gasteiger partial charge in [0.2, 0.25) is 0 Å². The molecule has 4 aromatic carbocycles. The Kier molecular flexibility index (Phi) is 7.40. The monoisotopic (exact) mass is 722 g/mol. The van der Waals surface area contributed by atoms with Gasteiger partial charge in [0.25, 0.3) is 11.4 Å². The smallest absolute Gasteiger partial charge is 0.258 e. The fourth-order valence-corrected chi connectivity index (χ4v) is 11.3. The number of nitro benzene ring substituents is 2. The molecule has 6 nitrogen and oxygen atoms in total. The molecule has 0 spiro atoms. The second kappa shape index (κ2) is 12.1. The van der Waals surface area contributed by atoms with Crippen LogP contribution in [0.1, 0.15) is 0 Å². The van der Waals surface area contributed by atoms with Gasteiger partial charge in [-0.15, -0.1) is 45.3 Å². The Morgan fingerprint density at radius 1 is 0.360 bits per heavy atom. The van der Waals surface area contributed by atoms with Gasteiger partial charge in [-0.3, -0.25) is 20.2 Å². The summed E-state index contributed by atoms with van der Waals surface area (Å²) in [5, 5.41) is 22.8. The third-order valence-corrected chi connectivity index (χ3v) is 13.8. The van der Waals surface area contributed by atoms with Crippen LogP contribution in [0, 0.1) is 20.2 Å².